The summed E-state index contributed by atoms with van der Waals surface area (Å²) in [6.45, 7) is 3.64. The minimum Gasteiger partial charge on any atom is -0.508 e. The first-order chi connectivity index (χ1) is 9.35. The maximum atomic E-state index is 11.1. The second-order valence-corrected chi connectivity index (χ2v) is 5.15. The Bertz CT molecular complexity index is 659. The fourth-order valence-electron chi connectivity index (χ4n) is 2.37. The number of phenolic OH excluding ortho intramolecular Hbond substituents is 1. The highest BCUT2D eigenvalue weighted by atomic mass is 16.4. The molecular formula is C16H16O4. The summed E-state index contributed by atoms with van der Waals surface area (Å²) < 4.78 is 0. The van der Waals surface area contributed by atoms with Crippen molar-refractivity contribution in [2.75, 3.05) is 0 Å². The highest BCUT2D eigenvalue weighted by Gasteiger charge is 2.30. The van der Waals surface area contributed by atoms with Crippen molar-refractivity contribution in [3.63, 3.8) is 0 Å². The van der Waals surface area contributed by atoms with E-state index in [0.29, 0.717) is 11.1 Å². The summed E-state index contributed by atoms with van der Waals surface area (Å²) in [5.74, 6) is -1.34. The second kappa shape index (κ2) is 4.89. The lowest BCUT2D eigenvalue weighted by Gasteiger charge is -2.28. The Morgan fingerprint density at radius 1 is 0.950 bits per heavy atom. The number of benzene rings is 2. The molecular weight excluding hydrogens is 256 g/mol. The molecule has 3 N–H and O–H groups in total. The average molecular weight is 272 g/mol. The van der Waals surface area contributed by atoms with E-state index in [0.717, 1.165) is 0 Å². The Morgan fingerprint density at radius 2 is 1.55 bits per heavy atom. The largest absolute Gasteiger partial charge is 0.508 e. The van der Waals surface area contributed by atoms with Crippen LogP contribution < -0.4 is 0 Å². The highest BCUT2D eigenvalue weighted by Crippen LogP contribution is 2.41. The number of para-hydroxylation sites is 2. The van der Waals surface area contributed by atoms with Crippen molar-refractivity contribution in [1.29, 1.82) is 0 Å². The molecule has 4 heteroatoms. The monoisotopic (exact) mass is 272 g/mol. The van der Waals surface area contributed by atoms with Gasteiger partial charge >= 0.3 is 5.97 Å². The lowest BCUT2D eigenvalue weighted by molar-refractivity contribution is 0.0693. The third-order valence-electron chi connectivity index (χ3n) is 3.52. The van der Waals surface area contributed by atoms with Crippen LogP contribution in [-0.2, 0) is 5.41 Å². The number of aromatic hydroxyl groups is 2. The van der Waals surface area contributed by atoms with E-state index in [1.54, 1.807) is 36.4 Å². The summed E-state index contributed by atoms with van der Waals surface area (Å²) in [6.07, 6.45) is 0. The number of carboxylic acid groups (broad SMARTS) is 1. The van der Waals surface area contributed by atoms with Gasteiger partial charge in [0, 0.05) is 16.5 Å². The molecule has 4 nitrogen and oxygen atoms in total. The predicted molar refractivity (Wildman–Crippen MR) is 75.3 cm³/mol. The maximum Gasteiger partial charge on any atom is 0.339 e. The van der Waals surface area contributed by atoms with Crippen molar-refractivity contribution in [2.45, 2.75) is 19.3 Å². The van der Waals surface area contributed by atoms with Crippen molar-refractivity contribution >= 4 is 5.97 Å². The molecule has 0 aliphatic rings. The molecule has 0 heterocycles. The predicted octanol–water partition coefficient (Wildman–Crippen LogP) is 3.12. The summed E-state index contributed by atoms with van der Waals surface area (Å²) >= 11 is 0. The zero-order valence-electron chi connectivity index (χ0n) is 11.3. The molecule has 0 aromatic heterocycles. The van der Waals surface area contributed by atoms with E-state index >= 15 is 0 Å². The number of hydrogen-bond donors (Lipinski definition) is 3. The first-order valence-electron chi connectivity index (χ1n) is 6.20. The van der Waals surface area contributed by atoms with E-state index in [1.165, 1.54) is 6.07 Å². The molecule has 20 heavy (non-hydrogen) atoms. The molecule has 0 aliphatic carbocycles. The van der Waals surface area contributed by atoms with Gasteiger partial charge in [-0.2, -0.15) is 0 Å². The number of carboxylic acids is 1. The molecule has 2 rings (SSSR count). The van der Waals surface area contributed by atoms with Gasteiger partial charge in [-0.25, -0.2) is 4.79 Å². The van der Waals surface area contributed by atoms with Crippen LogP contribution in [0.2, 0.25) is 0 Å². The van der Waals surface area contributed by atoms with Crippen molar-refractivity contribution in [3.8, 4) is 11.5 Å². The van der Waals surface area contributed by atoms with Crippen molar-refractivity contribution in [2.24, 2.45) is 0 Å². The van der Waals surface area contributed by atoms with Crippen LogP contribution >= 0.6 is 0 Å². The van der Waals surface area contributed by atoms with Gasteiger partial charge < -0.3 is 15.3 Å². The molecule has 0 spiro atoms. The smallest absolute Gasteiger partial charge is 0.339 e. The third kappa shape index (κ3) is 2.20. The van der Waals surface area contributed by atoms with Gasteiger partial charge in [0.25, 0.3) is 0 Å². The summed E-state index contributed by atoms with van der Waals surface area (Å²) in [4.78, 5) is 11.1. The molecule has 104 valence electrons. The first-order valence-corrected chi connectivity index (χ1v) is 6.20. The van der Waals surface area contributed by atoms with Crippen LogP contribution in [0.5, 0.6) is 11.5 Å². The van der Waals surface area contributed by atoms with Gasteiger partial charge in [-0.05, 0) is 12.1 Å². The van der Waals surface area contributed by atoms with E-state index in [2.05, 4.69) is 0 Å². The van der Waals surface area contributed by atoms with E-state index in [4.69, 9.17) is 5.11 Å². The van der Waals surface area contributed by atoms with Gasteiger partial charge in [0.1, 0.15) is 17.1 Å². The quantitative estimate of drug-likeness (QED) is 0.802. The van der Waals surface area contributed by atoms with Gasteiger partial charge in [0.2, 0.25) is 0 Å². The van der Waals surface area contributed by atoms with Crippen LogP contribution in [0.15, 0.2) is 42.5 Å². The minimum atomic E-state index is -1.18. The number of rotatable bonds is 3. The molecule has 0 radical (unpaired) electrons. The van der Waals surface area contributed by atoms with Gasteiger partial charge in [-0.15, -0.1) is 0 Å². The van der Waals surface area contributed by atoms with Gasteiger partial charge in [0.05, 0.1) is 0 Å². The van der Waals surface area contributed by atoms with E-state index in [-0.39, 0.29) is 17.1 Å². The van der Waals surface area contributed by atoms with Gasteiger partial charge in [-0.1, -0.05) is 44.2 Å². The van der Waals surface area contributed by atoms with E-state index < -0.39 is 11.4 Å². The Morgan fingerprint density at radius 3 is 2.15 bits per heavy atom. The highest BCUT2D eigenvalue weighted by molar-refractivity contribution is 5.91. The lowest BCUT2D eigenvalue weighted by atomic mass is 9.76. The molecule has 0 fully saturated rings. The van der Waals surface area contributed by atoms with Gasteiger partial charge in [-0.3, -0.25) is 0 Å². The lowest BCUT2D eigenvalue weighted by Crippen LogP contribution is -2.20. The SMILES string of the molecule is CC(C)(c1ccccc1O)c1cccc(C(=O)O)c1O. The molecule has 0 amide bonds. The summed E-state index contributed by atoms with van der Waals surface area (Å²) in [5.41, 5.74) is 0.212. The molecule has 2 aromatic rings. The normalized spacial score (nSPS) is 11.3. The molecule has 0 aliphatic heterocycles. The zero-order valence-corrected chi connectivity index (χ0v) is 11.3. The first kappa shape index (κ1) is 13.9. The third-order valence-corrected chi connectivity index (χ3v) is 3.52. The van der Waals surface area contributed by atoms with E-state index in [9.17, 15) is 15.0 Å². The molecule has 0 saturated carbocycles. The van der Waals surface area contributed by atoms with Crippen LogP contribution in [0.3, 0.4) is 0 Å². The Hall–Kier alpha value is -2.49. The molecule has 2 aromatic carbocycles. The average Bonchev–Trinajstić information content (AvgIpc) is 2.38. The number of aromatic carboxylic acids is 1. The van der Waals surface area contributed by atoms with Crippen molar-refractivity contribution < 1.29 is 20.1 Å². The Kier molecular flexibility index (Phi) is 3.40. The standard InChI is InChI=1S/C16H16O4/c1-16(2,11-7-3-4-9-13(11)17)12-8-5-6-10(14(12)18)15(19)20/h3-9,17-18H,1-2H3,(H,19,20). The van der Waals surface area contributed by atoms with Crippen LogP contribution in [0, 0.1) is 0 Å². The Labute approximate surface area is 116 Å². The summed E-state index contributed by atoms with van der Waals surface area (Å²) in [6, 6.07) is 11.4. The number of hydrogen-bond acceptors (Lipinski definition) is 3. The molecule has 0 saturated heterocycles. The van der Waals surface area contributed by atoms with Crippen molar-refractivity contribution in [1.82, 2.24) is 0 Å². The summed E-state index contributed by atoms with van der Waals surface area (Å²) in [5, 5.41) is 29.2. The van der Waals surface area contributed by atoms with Crippen LogP contribution in [0.25, 0.3) is 0 Å². The van der Waals surface area contributed by atoms with Crippen molar-refractivity contribution in [3.05, 3.63) is 59.2 Å². The zero-order chi connectivity index (χ0) is 14.9. The second-order valence-electron chi connectivity index (χ2n) is 5.15. The molecule has 0 atom stereocenters. The fourth-order valence-corrected chi connectivity index (χ4v) is 2.37. The summed E-state index contributed by atoms with van der Waals surface area (Å²) in [7, 11) is 0. The molecule has 0 bridgehead atoms. The Balaban J connectivity index is 2.64. The number of carbonyl (C=O) groups is 1. The minimum absolute atomic E-state index is 0.109. The topological polar surface area (TPSA) is 77.8 Å². The van der Waals surface area contributed by atoms with Crippen LogP contribution in [0.1, 0.15) is 35.3 Å². The maximum absolute atomic E-state index is 11.1. The van der Waals surface area contributed by atoms with E-state index in [1.807, 2.05) is 13.8 Å². The fraction of sp³-hybridized carbons (Fsp3) is 0.188. The van der Waals surface area contributed by atoms with Gasteiger partial charge in [0.15, 0.2) is 0 Å². The molecule has 0 unspecified atom stereocenters. The number of phenols is 2. The van der Waals surface area contributed by atoms with Crippen LogP contribution in [0.4, 0.5) is 0 Å². The van der Waals surface area contributed by atoms with Crippen LogP contribution in [-0.4, -0.2) is 21.3 Å².